The van der Waals surface area contributed by atoms with Crippen molar-refractivity contribution in [2.24, 2.45) is 0 Å². The van der Waals surface area contributed by atoms with Gasteiger partial charge in [-0.25, -0.2) is 0 Å². The maximum atomic E-state index is 12.3. The minimum Gasteiger partial charge on any atom is -0.344 e. The fourth-order valence-corrected chi connectivity index (χ4v) is 2.70. The van der Waals surface area contributed by atoms with E-state index in [0.29, 0.717) is 19.4 Å². The number of nitrogens with zero attached hydrogens (tertiary/aromatic N) is 1. The average molecular weight is 244 g/mol. The van der Waals surface area contributed by atoms with Gasteiger partial charge in [0.05, 0.1) is 0 Å². The molecule has 1 unspecified atom stereocenters. The fourth-order valence-electron chi connectivity index (χ4n) is 2.70. The summed E-state index contributed by atoms with van der Waals surface area (Å²) in [7, 11) is 0. The summed E-state index contributed by atoms with van der Waals surface area (Å²) in [5.74, 6) is 0.0566. The van der Waals surface area contributed by atoms with Gasteiger partial charge in [0, 0.05) is 19.5 Å². The molecular weight excluding hydrogens is 228 g/mol. The SMILES string of the molecule is O=C1CCC(C(=O)N2CCc3ccccc3C2)N1. The summed E-state index contributed by atoms with van der Waals surface area (Å²) in [6.45, 7) is 1.42. The molecular formula is C14H16N2O2. The van der Waals surface area contributed by atoms with E-state index in [1.54, 1.807) is 0 Å². The van der Waals surface area contributed by atoms with Crippen molar-refractivity contribution in [2.75, 3.05) is 6.54 Å². The molecule has 4 nitrogen and oxygen atoms in total. The lowest BCUT2D eigenvalue weighted by Crippen LogP contribution is -2.46. The second-order valence-electron chi connectivity index (χ2n) is 4.94. The van der Waals surface area contributed by atoms with Crippen molar-refractivity contribution < 1.29 is 9.59 Å². The van der Waals surface area contributed by atoms with Crippen LogP contribution in [0.15, 0.2) is 24.3 Å². The van der Waals surface area contributed by atoms with Crippen LogP contribution in [0.4, 0.5) is 0 Å². The molecule has 0 spiro atoms. The van der Waals surface area contributed by atoms with E-state index in [0.717, 1.165) is 13.0 Å². The van der Waals surface area contributed by atoms with E-state index in [4.69, 9.17) is 0 Å². The third kappa shape index (κ3) is 1.98. The monoisotopic (exact) mass is 244 g/mol. The van der Waals surface area contributed by atoms with E-state index in [-0.39, 0.29) is 17.9 Å². The van der Waals surface area contributed by atoms with Gasteiger partial charge in [0.15, 0.2) is 0 Å². The molecule has 2 heterocycles. The van der Waals surface area contributed by atoms with Gasteiger partial charge in [-0.1, -0.05) is 24.3 Å². The third-order valence-corrected chi connectivity index (χ3v) is 3.74. The first kappa shape index (κ1) is 11.3. The maximum absolute atomic E-state index is 12.3. The number of hydrogen-bond acceptors (Lipinski definition) is 2. The van der Waals surface area contributed by atoms with Crippen molar-refractivity contribution in [1.29, 1.82) is 0 Å². The Morgan fingerprint density at radius 2 is 2.00 bits per heavy atom. The second kappa shape index (κ2) is 4.44. The summed E-state index contributed by atoms with van der Waals surface area (Å²) in [6, 6.07) is 7.93. The highest BCUT2D eigenvalue weighted by Gasteiger charge is 2.31. The molecule has 18 heavy (non-hydrogen) atoms. The Balaban J connectivity index is 1.72. The first-order valence-electron chi connectivity index (χ1n) is 6.39. The minimum absolute atomic E-state index is 0.00856. The van der Waals surface area contributed by atoms with Crippen molar-refractivity contribution in [3.8, 4) is 0 Å². The van der Waals surface area contributed by atoms with Crippen LogP contribution in [0.25, 0.3) is 0 Å². The molecule has 1 saturated heterocycles. The molecule has 0 radical (unpaired) electrons. The second-order valence-corrected chi connectivity index (χ2v) is 4.94. The van der Waals surface area contributed by atoms with Crippen LogP contribution in [0.2, 0.25) is 0 Å². The highest BCUT2D eigenvalue weighted by atomic mass is 16.2. The van der Waals surface area contributed by atoms with Crippen molar-refractivity contribution in [2.45, 2.75) is 31.8 Å². The highest BCUT2D eigenvalue weighted by Crippen LogP contribution is 2.20. The molecule has 1 fully saturated rings. The van der Waals surface area contributed by atoms with E-state index >= 15 is 0 Å². The molecule has 2 amide bonds. The summed E-state index contributed by atoms with van der Waals surface area (Å²) in [6.07, 6.45) is 2.01. The minimum atomic E-state index is -0.303. The lowest BCUT2D eigenvalue weighted by molar-refractivity contribution is -0.135. The molecule has 1 N–H and O–H groups in total. The summed E-state index contributed by atoms with van der Waals surface area (Å²) >= 11 is 0. The summed E-state index contributed by atoms with van der Waals surface area (Å²) < 4.78 is 0. The zero-order valence-corrected chi connectivity index (χ0v) is 10.2. The zero-order valence-electron chi connectivity index (χ0n) is 10.2. The number of nitrogens with one attached hydrogen (secondary N) is 1. The van der Waals surface area contributed by atoms with Crippen molar-refractivity contribution in [3.05, 3.63) is 35.4 Å². The van der Waals surface area contributed by atoms with Gasteiger partial charge in [-0.3, -0.25) is 9.59 Å². The molecule has 0 aliphatic carbocycles. The Hall–Kier alpha value is -1.84. The molecule has 1 atom stereocenters. The molecule has 1 aromatic rings. The maximum Gasteiger partial charge on any atom is 0.245 e. The Labute approximate surface area is 106 Å². The Morgan fingerprint density at radius 3 is 2.72 bits per heavy atom. The topological polar surface area (TPSA) is 49.4 Å². The van der Waals surface area contributed by atoms with Crippen LogP contribution in [0.3, 0.4) is 0 Å². The van der Waals surface area contributed by atoms with Gasteiger partial charge < -0.3 is 10.2 Å². The molecule has 3 rings (SSSR count). The van der Waals surface area contributed by atoms with Crippen LogP contribution in [0.5, 0.6) is 0 Å². The average Bonchev–Trinajstić information content (AvgIpc) is 2.84. The van der Waals surface area contributed by atoms with E-state index in [1.165, 1.54) is 11.1 Å². The van der Waals surface area contributed by atoms with Gasteiger partial charge in [-0.05, 0) is 24.0 Å². The molecule has 1 aromatic carbocycles. The van der Waals surface area contributed by atoms with Gasteiger partial charge in [-0.15, -0.1) is 0 Å². The van der Waals surface area contributed by atoms with Gasteiger partial charge in [0.1, 0.15) is 6.04 Å². The Kier molecular flexibility index (Phi) is 2.78. The van der Waals surface area contributed by atoms with E-state index in [1.807, 2.05) is 17.0 Å². The van der Waals surface area contributed by atoms with E-state index < -0.39 is 0 Å². The van der Waals surface area contributed by atoms with Crippen LogP contribution in [0.1, 0.15) is 24.0 Å². The van der Waals surface area contributed by atoms with Crippen LogP contribution in [0, 0.1) is 0 Å². The summed E-state index contributed by atoms with van der Waals surface area (Å²) in [5, 5.41) is 2.74. The van der Waals surface area contributed by atoms with E-state index in [9.17, 15) is 9.59 Å². The zero-order chi connectivity index (χ0) is 12.5. The van der Waals surface area contributed by atoms with Gasteiger partial charge in [-0.2, -0.15) is 0 Å². The largest absolute Gasteiger partial charge is 0.344 e. The summed E-state index contributed by atoms with van der Waals surface area (Å²) in [5.41, 5.74) is 2.55. The van der Waals surface area contributed by atoms with Crippen LogP contribution in [-0.2, 0) is 22.6 Å². The number of hydrogen-bond donors (Lipinski definition) is 1. The number of benzene rings is 1. The molecule has 0 saturated carbocycles. The predicted molar refractivity (Wildman–Crippen MR) is 66.7 cm³/mol. The quantitative estimate of drug-likeness (QED) is 0.796. The van der Waals surface area contributed by atoms with Gasteiger partial charge in [0.2, 0.25) is 11.8 Å². The predicted octanol–water partition coefficient (Wildman–Crippen LogP) is 0.850. The number of carbonyl (C=O) groups excluding carboxylic acids is 2. The molecule has 2 aliphatic heterocycles. The first-order chi connectivity index (χ1) is 8.74. The van der Waals surface area contributed by atoms with E-state index in [2.05, 4.69) is 17.4 Å². The lowest BCUT2D eigenvalue weighted by Gasteiger charge is -2.30. The van der Waals surface area contributed by atoms with Crippen LogP contribution >= 0.6 is 0 Å². The van der Waals surface area contributed by atoms with Gasteiger partial charge >= 0.3 is 0 Å². The van der Waals surface area contributed by atoms with Crippen molar-refractivity contribution >= 4 is 11.8 Å². The third-order valence-electron chi connectivity index (χ3n) is 3.74. The first-order valence-corrected chi connectivity index (χ1v) is 6.39. The van der Waals surface area contributed by atoms with Crippen LogP contribution in [-0.4, -0.2) is 29.3 Å². The number of carbonyl (C=O) groups is 2. The number of amides is 2. The Morgan fingerprint density at radius 1 is 1.22 bits per heavy atom. The number of fused-ring (bicyclic) bond motifs is 1. The normalized spacial score (nSPS) is 22.6. The van der Waals surface area contributed by atoms with Crippen molar-refractivity contribution in [1.82, 2.24) is 10.2 Å². The van der Waals surface area contributed by atoms with Crippen molar-refractivity contribution in [3.63, 3.8) is 0 Å². The molecule has 94 valence electrons. The highest BCUT2D eigenvalue weighted by molar-refractivity contribution is 5.90. The number of rotatable bonds is 1. The smallest absolute Gasteiger partial charge is 0.245 e. The summed E-state index contributed by atoms with van der Waals surface area (Å²) in [4.78, 5) is 25.3. The molecule has 4 heteroatoms. The lowest BCUT2D eigenvalue weighted by atomic mass is 9.99. The fraction of sp³-hybridized carbons (Fsp3) is 0.429. The Bertz CT molecular complexity index is 498. The molecule has 0 aromatic heterocycles. The molecule has 0 bridgehead atoms. The standard InChI is InChI=1S/C14H16N2O2/c17-13-6-5-12(15-13)14(18)16-8-7-10-3-1-2-4-11(10)9-16/h1-4,12H,5-9H2,(H,15,17). The molecule has 2 aliphatic rings. The van der Waals surface area contributed by atoms with Gasteiger partial charge in [0.25, 0.3) is 0 Å². The van der Waals surface area contributed by atoms with Crippen LogP contribution < -0.4 is 5.32 Å².